The van der Waals surface area contributed by atoms with Crippen molar-refractivity contribution in [3.05, 3.63) is 29.8 Å². The number of halogens is 5. The van der Waals surface area contributed by atoms with Crippen molar-refractivity contribution < 1.29 is 31.5 Å². The van der Waals surface area contributed by atoms with E-state index in [0.29, 0.717) is 12.2 Å². The Labute approximate surface area is 118 Å². The lowest BCUT2D eigenvalue weighted by Gasteiger charge is -2.18. The normalized spacial score (nSPS) is 12.1. The molecule has 0 saturated heterocycles. The standard InChI is InChI=1S/C13H14F5NO2/c1-21-10-6-2-4-9(8-10)5-3-7-19-11(20)12(14,15)13(16,17)18/h2,4,6,8H,3,5,7H2,1H3,(H,19,20). The van der Waals surface area contributed by atoms with Crippen molar-refractivity contribution in [2.24, 2.45) is 0 Å². The summed E-state index contributed by atoms with van der Waals surface area (Å²) in [6.07, 6.45) is -5.24. The van der Waals surface area contributed by atoms with Crippen LogP contribution in [0.5, 0.6) is 5.75 Å². The fourth-order valence-electron chi connectivity index (χ4n) is 1.56. The van der Waals surface area contributed by atoms with Crippen LogP contribution in [0.25, 0.3) is 0 Å². The second kappa shape index (κ2) is 6.73. The molecule has 0 atom stereocenters. The monoisotopic (exact) mass is 311 g/mol. The van der Waals surface area contributed by atoms with Gasteiger partial charge in [0.2, 0.25) is 0 Å². The fraction of sp³-hybridized carbons (Fsp3) is 0.462. The molecular weight excluding hydrogens is 297 g/mol. The molecule has 0 heterocycles. The molecule has 1 rings (SSSR count). The number of amides is 1. The van der Waals surface area contributed by atoms with Crippen LogP contribution in [0, 0.1) is 0 Å². The van der Waals surface area contributed by atoms with Crippen molar-refractivity contribution in [2.45, 2.75) is 24.9 Å². The summed E-state index contributed by atoms with van der Waals surface area (Å²) < 4.78 is 66.0. The van der Waals surface area contributed by atoms with Gasteiger partial charge in [-0.1, -0.05) is 12.1 Å². The first-order valence-corrected chi connectivity index (χ1v) is 6.04. The van der Waals surface area contributed by atoms with E-state index in [-0.39, 0.29) is 13.0 Å². The Morgan fingerprint density at radius 3 is 2.48 bits per heavy atom. The van der Waals surface area contributed by atoms with Crippen LogP contribution >= 0.6 is 0 Å². The number of hydrogen-bond acceptors (Lipinski definition) is 2. The number of hydrogen-bond donors (Lipinski definition) is 1. The highest BCUT2D eigenvalue weighted by atomic mass is 19.4. The highest BCUT2D eigenvalue weighted by Gasteiger charge is 2.63. The van der Waals surface area contributed by atoms with Crippen LogP contribution in [0.4, 0.5) is 22.0 Å². The average molecular weight is 311 g/mol. The number of rotatable bonds is 6. The van der Waals surface area contributed by atoms with Crippen LogP contribution in [0.3, 0.4) is 0 Å². The Balaban J connectivity index is 2.42. The van der Waals surface area contributed by atoms with Gasteiger partial charge in [-0.15, -0.1) is 0 Å². The molecule has 1 aromatic carbocycles. The first-order valence-electron chi connectivity index (χ1n) is 6.04. The molecule has 8 heteroatoms. The number of alkyl halides is 5. The van der Waals surface area contributed by atoms with E-state index in [4.69, 9.17) is 4.74 Å². The summed E-state index contributed by atoms with van der Waals surface area (Å²) in [7, 11) is 1.48. The van der Waals surface area contributed by atoms with Crippen molar-refractivity contribution in [3.63, 3.8) is 0 Å². The van der Waals surface area contributed by atoms with E-state index in [0.717, 1.165) is 5.56 Å². The predicted molar refractivity (Wildman–Crippen MR) is 65.3 cm³/mol. The second-order valence-corrected chi connectivity index (χ2v) is 4.28. The third-order valence-electron chi connectivity index (χ3n) is 2.70. The van der Waals surface area contributed by atoms with Gasteiger partial charge in [0.1, 0.15) is 5.75 Å². The molecule has 0 aliphatic carbocycles. The van der Waals surface area contributed by atoms with Crippen LogP contribution < -0.4 is 10.1 Å². The summed E-state index contributed by atoms with van der Waals surface area (Å²) in [6.45, 7) is -0.276. The predicted octanol–water partition coefficient (Wildman–Crippen LogP) is 2.94. The van der Waals surface area contributed by atoms with Gasteiger partial charge >= 0.3 is 12.1 Å². The molecule has 118 valence electrons. The Morgan fingerprint density at radius 2 is 1.90 bits per heavy atom. The van der Waals surface area contributed by atoms with Crippen molar-refractivity contribution in [1.29, 1.82) is 0 Å². The summed E-state index contributed by atoms with van der Waals surface area (Å²) in [5.41, 5.74) is 0.825. The van der Waals surface area contributed by atoms with Gasteiger partial charge in [-0.25, -0.2) is 0 Å². The zero-order valence-corrected chi connectivity index (χ0v) is 11.1. The maximum absolute atomic E-state index is 12.6. The minimum atomic E-state index is -5.89. The Hall–Kier alpha value is -1.86. The summed E-state index contributed by atoms with van der Waals surface area (Å²) in [6, 6.07) is 6.92. The highest BCUT2D eigenvalue weighted by Crippen LogP contribution is 2.35. The second-order valence-electron chi connectivity index (χ2n) is 4.28. The van der Waals surface area contributed by atoms with Gasteiger partial charge in [0.25, 0.3) is 5.91 Å². The SMILES string of the molecule is COc1cccc(CCCNC(=O)C(F)(F)C(F)(F)F)c1. The van der Waals surface area contributed by atoms with E-state index >= 15 is 0 Å². The quantitative estimate of drug-likeness (QED) is 0.648. The number of nitrogens with one attached hydrogen (secondary N) is 1. The topological polar surface area (TPSA) is 38.3 Å². The largest absolute Gasteiger partial charge is 0.497 e. The molecule has 1 N–H and O–H groups in total. The van der Waals surface area contributed by atoms with Gasteiger partial charge in [-0.05, 0) is 30.5 Å². The molecule has 3 nitrogen and oxygen atoms in total. The summed E-state index contributed by atoms with van der Waals surface area (Å²) in [4.78, 5) is 10.8. The maximum Gasteiger partial charge on any atom is 0.463 e. The van der Waals surface area contributed by atoms with Gasteiger partial charge in [0.05, 0.1) is 7.11 Å². The molecule has 1 aromatic rings. The van der Waals surface area contributed by atoms with Gasteiger partial charge in [0.15, 0.2) is 0 Å². The lowest BCUT2D eigenvalue weighted by Crippen LogP contribution is -2.50. The lowest BCUT2D eigenvalue weighted by atomic mass is 10.1. The molecule has 0 fully saturated rings. The molecule has 21 heavy (non-hydrogen) atoms. The van der Waals surface area contributed by atoms with E-state index < -0.39 is 18.0 Å². The average Bonchev–Trinajstić information content (AvgIpc) is 2.42. The number of benzene rings is 1. The van der Waals surface area contributed by atoms with Crippen molar-refractivity contribution in [1.82, 2.24) is 5.32 Å². The molecule has 0 bridgehead atoms. The number of methoxy groups -OCH3 is 1. The molecule has 0 unspecified atom stereocenters. The smallest absolute Gasteiger partial charge is 0.463 e. The zero-order chi connectivity index (χ0) is 16.1. The highest BCUT2D eigenvalue weighted by molar-refractivity contribution is 5.84. The first-order chi connectivity index (χ1) is 9.68. The minimum Gasteiger partial charge on any atom is -0.497 e. The zero-order valence-electron chi connectivity index (χ0n) is 11.1. The Bertz CT molecular complexity index is 488. The van der Waals surface area contributed by atoms with E-state index in [2.05, 4.69) is 0 Å². The Morgan fingerprint density at radius 1 is 1.24 bits per heavy atom. The van der Waals surface area contributed by atoms with E-state index in [9.17, 15) is 26.7 Å². The number of carbonyl (C=O) groups is 1. The van der Waals surface area contributed by atoms with E-state index in [1.165, 1.54) is 7.11 Å². The molecule has 0 spiro atoms. The van der Waals surface area contributed by atoms with Crippen LogP contribution in [-0.2, 0) is 11.2 Å². The van der Waals surface area contributed by atoms with Crippen molar-refractivity contribution in [3.8, 4) is 5.75 Å². The molecule has 0 radical (unpaired) electrons. The van der Waals surface area contributed by atoms with E-state index in [1.54, 1.807) is 29.6 Å². The third-order valence-corrected chi connectivity index (χ3v) is 2.70. The van der Waals surface area contributed by atoms with E-state index in [1.807, 2.05) is 0 Å². The van der Waals surface area contributed by atoms with Crippen LogP contribution in [0.1, 0.15) is 12.0 Å². The molecular formula is C13H14F5NO2. The maximum atomic E-state index is 12.6. The fourth-order valence-corrected chi connectivity index (χ4v) is 1.56. The molecule has 1 amide bonds. The molecule has 0 saturated carbocycles. The summed E-state index contributed by atoms with van der Waals surface area (Å²) in [5.74, 6) is -7.09. The molecule has 0 aliphatic heterocycles. The number of ether oxygens (including phenoxy) is 1. The third kappa shape index (κ3) is 4.57. The van der Waals surface area contributed by atoms with Crippen LogP contribution in [0.2, 0.25) is 0 Å². The van der Waals surface area contributed by atoms with Gasteiger partial charge < -0.3 is 10.1 Å². The number of aryl methyl sites for hydroxylation is 1. The van der Waals surface area contributed by atoms with Crippen molar-refractivity contribution >= 4 is 5.91 Å². The van der Waals surface area contributed by atoms with Crippen LogP contribution in [-0.4, -0.2) is 31.7 Å². The molecule has 0 aliphatic rings. The molecule has 0 aromatic heterocycles. The summed E-state index contributed by atoms with van der Waals surface area (Å²) in [5, 5.41) is 1.59. The van der Waals surface area contributed by atoms with Gasteiger partial charge in [-0.3, -0.25) is 4.79 Å². The first kappa shape index (κ1) is 17.2. The summed E-state index contributed by atoms with van der Waals surface area (Å²) >= 11 is 0. The lowest BCUT2D eigenvalue weighted by molar-refractivity contribution is -0.269. The number of carbonyl (C=O) groups excluding carboxylic acids is 1. The van der Waals surface area contributed by atoms with Gasteiger partial charge in [0, 0.05) is 6.54 Å². The van der Waals surface area contributed by atoms with Crippen LogP contribution in [0.15, 0.2) is 24.3 Å². The van der Waals surface area contributed by atoms with Gasteiger partial charge in [-0.2, -0.15) is 22.0 Å². The minimum absolute atomic E-state index is 0.229. The van der Waals surface area contributed by atoms with Crippen molar-refractivity contribution in [2.75, 3.05) is 13.7 Å². The Kier molecular flexibility index (Phi) is 5.51.